The van der Waals surface area contributed by atoms with Gasteiger partial charge in [-0.3, -0.25) is 4.79 Å². The number of carbonyl (C=O) groups is 1. The normalized spacial score (nSPS) is 20.4. The Balaban J connectivity index is 2.21. The lowest BCUT2D eigenvalue weighted by atomic mass is 10.1. The second-order valence-electron chi connectivity index (χ2n) is 4.14. The minimum atomic E-state index is -0.453. The zero-order chi connectivity index (χ0) is 12.4. The summed E-state index contributed by atoms with van der Waals surface area (Å²) in [7, 11) is 0. The summed E-state index contributed by atoms with van der Waals surface area (Å²) < 4.78 is 0. The van der Waals surface area contributed by atoms with Crippen molar-refractivity contribution in [3.8, 4) is 0 Å². The number of nitrogen functional groups attached to an aromatic ring is 1. The van der Waals surface area contributed by atoms with Gasteiger partial charge in [-0.2, -0.15) is 0 Å². The van der Waals surface area contributed by atoms with Crippen LogP contribution in [0.3, 0.4) is 0 Å². The SMILES string of the molecule is Nc1cnc(Cl)cc1C(=O)N1CCC[C@H](O)C1. The van der Waals surface area contributed by atoms with Gasteiger partial charge in [0.2, 0.25) is 0 Å². The fourth-order valence-electron chi connectivity index (χ4n) is 1.94. The van der Waals surface area contributed by atoms with E-state index in [4.69, 9.17) is 17.3 Å². The maximum Gasteiger partial charge on any atom is 0.256 e. The number of nitrogens with two attached hydrogens (primary N) is 1. The summed E-state index contributed by atoms with van der Waals surface area (Å²) >= 11 is 5.74. The number of aliphatic hydroxyl groups is 1. The van der Waals surface area contributed by atoms with Gasteiger partial charge >= 0.3 is 0 Å². The Morgan fingerprint density at radius 3 is 3.12 bits per heavy atom. The van der Waals surface area contributed by atoms with Crippen molar-refractivity contribution in [2.75, 3.05) is 18.8 Å². The van der Waals surface area contributed by atoms with Gasteiger partial charge in [0.05, 0.1) is 23.6 Å². The van der Waals surface area contributed by atoms with E-state index in [9.17, 15) is 9.90 Å². The fraction of sp³-hybridized carbons (Fsp3) is 0.455. The van der Waals surface area contributed by atoms with E-state index >= 15 is 0 Å². The summed E-state index contributed by atoms with van der Waals surface area (Å²) in [4.78, 5) is 17.6. The van der Waals surface area contributed by atoms with E-state index < -0.39 is 6.10 Å². The number of nitrogens with zero attached hydrogens (tertiary/aromatic N) is 2. The molecule has 0 aromatic carbocycles. The van der Waals surface area contributed by atoms with Crippen LogP contribution in [-0.2, 0) is 0 Å². The van der Waals surface area contributed by atoms with E-state index in [0.717, 1.165) is 12.8 Å². The van der Waals surface area contributed by atoms with Crippen LogP contribution < -0.4 is 5.73 Å². The van der Waals surface area contributed by atoms with E-state index in [0.29, 0.717) is 24.3 Å². The summed E-state index contributed by atoms with van der Waals surface area (Å²) in [5, 5.41) is 9.77. The van der Waals surface area contributed by atoms with E-state index in [-0.39, 0.29) is 11.1 Å². The predicted molar refractivity (Wildman–Crippen MR) is 64.8 cm³/mol. The Kier molecular flexibility index (Phi) is 3.49. The number of aromatic nitrogens is 1. The topological polar surface area (TPSA) is 79.5 Å². The number of pyridine rings is 1. The number of halogens is 1. The lowest BCUT2D eigenvalue weighted by Crippen LogP contribution is -2.42. The largest absolute Gasteiger partial charge is 0.397 e. The van der Waals surface area contributed by atoms with Gasteiger partial charge in [0.1, 0.15) is 5.15 Å². The average Bonchev–Trinajstić information content (AvgIpc) is 2.31. The number of hydrogen-bond acceptors (Lipinski definition) is 4. The number of piperidine rings is 1. The van der Waals surface area contributed by atoms with Crippen LogP contribution in [0.1, 0.15) is 23.2 Å². The molecule has 2 heterocycles. The highest BCUT2D eigenvalue weighted by atomic mass is 35.5. The van der Waals surface area contributed by atoms with Crippen molar-refractivity contribution >= 4 is 23.2 Å². The number of anilines is 1. The molecule has 0 spiro atoms. The quantitative estimate of drug-likeness (QED) is 0.731. The standard InChI is InChI=1S/C11H14ClN3O2/c12-10-4-8(9(13)5-14-10)11(17)15-3-1-2-7(16)6-15/h4-5,7,16H,1-3,6,13H2/t7-/m0/s1. The van der Waals surface area contributed by atoms with Gasteiger partial charge in [0.15, 0.2) is 0 Å². The van der Waals surface area contributed by atoms with Crippen LogP contribution in [-0.4, -0.2) is 40.1 Å². The van der Waals surface area contributed by atoms with Crippen molar-refractivity contribution in [1.29, 1.82) is 0 Å². The first-order valence-corrected chi connectivity index (χ1v) is 5.84. The van der Waals surface area contributed by atoms with Gasteiger partial charge in [-0.05, 0) is 18.9 Å². The molecule has 1 atom stereocenters. The summed E-state index contributed by atoms with van der Waals surface area (Å²) in [6.45, 7) is 0.980. The highest BCUT2D eigenvalue weighted by molar-refractivity contribution is 6.29. The number of amides is 1. The van der Waals surface area contributed by atoms with E-state index in [1.807, 2.05) is 0 Å². The zero-order valence-corrected chi connectivity index (χ0v) is 10.0. The van der Waals surface area contributed by atoms with Crippen LogP contribution in [0.4, 0.5) is 5.69 Å². The van der Waals surface area contributed by atoms with E-state index in [1.165, 1.54) is 12.3 Å². The molecular formula is C11H14ClN3O2. The van der Waals surface area contributed by atoms with Gasteiger partial charge in [0.25, 0.3) is 5.91 Å². The molecule has 0 bridgehead atoms. The maximum absolute atomic E-state index is 12.2. The maximum atomic E-state index is 12.2. The molecule has 1 aliphatic rings. The molecule has 0 radical (unpaired) electrons. The third-order valence-corrected chi connectivity index (χ3v) is 3.02. The van der Waals surface area contributed by atoms with Crippen LogP contribution in [0.5, 0.6) is 0 Å². The molecule has 5 nitrogen and oxygen atoms in total. The molecule has 2 rings (SSSR count). The van der Waals surface area contributed by atoms with Gasteiger partial charge in [-0.1, -0.05) is 11.6 Å². The Morgan fingerprint density at radius 1 is 1.65 bits per heavy atom. The second-order valence-corrected chi connectivity index (χ2v) is 4.53. The van der Waals surface area contributed by atoms with Crippen molar-refractivity contribution in [2.24, 2.45) is 0 Å². The molecule has 6 heteroatoms. The molecule has 1 amide bonds. The third-order valence-electron chi connectivity index (χ3n) is 2.82. The zero-order valence-electron chi connectivity index (χ0n) is 9.27. The average molecular weight is 256 g/mol. The van der Waals surface area contributed by atoms with Crippen molar-refractivity contribution in [3.05, 3.63) is 23.0 Å². The fourth-order valence-corrected chi connectivity index (χ4v) is 2.09. The minimum Gasteiger partial charge on any atom is -0.397 e. The van der Waals surface area contributed by atoms with Gasteiger partial charge in [-0.25, -0.2) is 4.98 Å². The van der Waals surface area contributed by atoms with Gasteiger partial charge < -0.3 is 15.7 Å². The smallest absolute Gasteiger partial charge is 0.256 e. The molecular weight excluding hydrogens is 242 g/mol. The lowest BCUT2D eigenvalue weighted by Gasteiger charge is -2.30. The molecule has 1 aliphatic heterocycles. The summed E-state index contributed by atoms with van der Waals surface area (Å²) in [6.07, 6.45) is 2.45. The van der Waals surface area contributed by atoms with Crippen LogP contribution in [0.25, 0.3) is 0 Å². The van der Waals surface area contributed by atoms with Gasteiger partial charge in [0, 0.05) is 13.1 Å². The van der Waals surface area contributed by atoms with Gasteiger partial charge in [-0.15, -0.1) is 0 Å². The number of hydrogen-bond donors (Lipinski definition) is 2. The van der Waals surface area contributed by atoms with E-state index in [2.05, 4.69) is 4.98 Å². The molecule has 1 fully saturated rings. The molecule has 0 unspecified atom stereocenters. The van der Waals surface area contributed by atoms with Crippen LogP contribution in [0, 0.1) is 0 Å². The van der Waals surface area contributed by atoms with E-state index in [1.54, 1.807) is 4.90 Å². The highest BCUT2D eigenvalue weighted by Gasteiger charge is 2.24. The first kappa shape index (κ1) is 12.1. The van der Waals surface area contributed by atoms with Crippen molar-refractivity contribution in [2.45, 2.75) is 18.9 Å². The Bertz CT molecular complexity index is 439. The number of likely N-dealkylation sites (tertiary alicyclic amines) is 1. The Labute approximate surface area is 104 Å². The second kappa shape index (κ2) is 4.89. The summed E-state index contributed by atoms with van der Waals surface area (Å²) in [6, 6.07) is 1.46. The molecule has 0 aliphatic carbocycles. The molecule has 1 saturated heterocycles. The first-order chi connectivity index (χ1) is 8.08. The molecule has 1 aromatic heterocycles. The summed E-state index contributed by atoms with van der Waals surface area (Å²) in [5.74, 6) is -0.203. The minimum absolute atomic E-state index is 0.203. The Hall–Kier alpha value is -1.33. The van der Waals surface area contributed by atoms with Crippen molar-refractivity contribution in [3.63, 3.8) is 0 Å². The van der Waals surface area contributed by atoms with Crippen molar-refractivity contribution in [1.82, 2.24) is 9.88 Å². The first-order valence-electron chi connectivity index (χ1n) is 5.46. The lowest BCUT2D eigenvalue weighted by molar-refractivity contribution is 0.0474. The molecule has 17 heavy (non-hydrogen) atoms. The predicted octanol–water partition coefficient (Wildman–Crippen LogP) is 0.914. The molecule has 0 saturated carbocycles. The van der Waals surface area contributed by atoms with Crippen LogP contribution >= 0.6 is 11.6 Å². The number of β-amino-alcohol motifs (C(OH)–C–C–N with tert-alkyl or cyclic N) is 1. The molecule has 3 N–H and O–H groups in total. The number of carbonyl (C=O) groups excluding carboxylic acids is 1. The van der Waals surface area contributed by atoms with Crippen molar-refractivity contribution < 1.29 is 9.90 Å². The molecule has 92 valence electrons. The third kappa shape index (κ3) is 2.68. The monoisotopic (exact) mass is 255 g/mol. The van der Waals surface area contributed by atoms with Crippen LogP contribution in [0.15, 0.2) is 12.3 Å². The van der Waals surface area contributed by atoms with Crippen LogP contribution in [0.2, 0.25) is 5.15 Å². The Morgan fingerprint density at radius 2 is 2.41 bits per heavy atom. The molecule has 1 aromatic rings. The summed E-state index contributed by atoms with van der Waals surface area (Å²) in [5.41, 5.74) is 6.35. The number of aliphatic hydroxyl groups excluding tert-OH is 1. The number of rotatable bonds is 1. The highest BCUT2D eigenvalue weighted by Crippen LogP contribution is 2.19.